The van der Waals surface area contributed by atoms with Crippen LogP contribution in [0, 0.1) is 0 Å². The van der Waals surface area contributed by atoms with Crippen LogP contribution in [0.5, 0.6) is 11.5 Å². The largest absolute Gasteiger partial charge is 0.497 e. The first-order valence-corrected chi connectivity index (χ1v) is 9.51. The molecular weight excluding hydrogens is 407 g/mol. The van der Waals surface area contributed by atoms with Crippen LogP contribution in [0.25, 0.3) is 0 Å². The smallest absolute Gasteiger partial charge is 0.417 e. The van der Waals surface area contributed by atoms with Crippen LogP contribution in [0.15, 0.2) is 66.7 Å². The van der Waals surface area contributed by atoms with E-state index in [0.29, 0.717) is 30.3 Å². The van der Waals surface area contributed by atoms with Gasteiger partial charge in [-0.25, -0.2) is 0 Å². The Morgan fingerprint density at radius 2 is 1.29 bits per heavy atom. The molecule has 0 atom stereocenters. The van der Waals surface area contributed by atoms with Crippen molar-refractivity contribution in [3.8, 4) is 11.5 Å². The van der Waals surface area contributed by atoms with Crippen molar-refractivity contribution in [1.29, 1.82) is 0 Å². The molecule has 0 aliphatic rings. The number of benzene rings is 3. The van der Waals surface area contributed by atoms with Crippen LogP contribution in [0.4, 0.5) is 18.9 Å². The zero-order chi connectivity index (χ0) is 22.4. The molecule has 0 fully saturated rings. The van der Waals surface area contributed by atoms with Crippen molar-refractivity contribution in [2.75, 3.05) is 19.1 Å². The summed E-state index contributed by atoms with van der Waals surface area (Å²) in [6, 6.07) is 18.5. The summed E-state index contributed by atoms with van der Waals surface area (Å²) in [5.74, 6) is 1.42. The number of hydrogen-bond acceptors (Lipinski definition) is 4. The summed E-state index contributed by atoms with van der Waals surface area (Å²) >= 11 is 0. The van der Waals surface area contributed by atoms with Gasteiger partial charge in [-0.3, -0.25) is 4.79 Å². The summed E-state index contributed by atoms with van der Waals surface area (Å²) in [6.45, 7) is 0.860. The lowest BCUT2D eigenvalue weighted by atomic mass is 10.1. The summed E-state index contributed by atoms with van der Waals surface area (Å²) in [7, 11) is 3.16. The molecule has 3 rings (SSSR count). The third-order valence-electron chi connectivity index (χ3n) is 4.90. The van der Waals surface area contributed by atoms with E-state index in [2.05, 4.69) is 0 Å². The highest BCUT2D eigenvalue weighted by atomic mass is 19.4. The predicted molar refractivity (Wildman–Crippen MR) is 113 cm³/mol. The highest BCUT2D eigenvalue weighted by molar-refractivity contribution is 5.80. The number of aldehydes is 1. The molecule has 0 aromatic heterocycles. The molecule has 0 amide bonds. The maximum Gasteiger partial charge on any atom is 0.417 e. The van der Waals surface area contributed by atoms with Crippen molar-refractivity contribution in [3.63, 3.8) is 0 Å². The minimum Gasteiger partial charge on any atom is -0.497 e. The minimum absolute atomic E-state index is 0.241. The van der Waals surface area contributed by atoms with Crippen LogP contribution in [-0.2, 0) is 19.3 Å². The first-order valence-electron chi connectivity index (χ1n) is 9.51. The second kappa shape index (κ2) is 9.55. The van der Waals surface area contributed by atoms with Crippen LogP contribution in [0.3, 0.4) is 0 Å². The van der Waals surface area contributed by atoms with Gasteiger partial charge in [-0.05, 0) is 53.6 Å². The van der Waals surface area contributed by atoms with Crippen molar-refractivity contribution in [3.05, 3.63) is 89.0 Å². The van der Waals surface area contributed by atoms with E-state index in [1.165, 1.54) is 12.1 Å². The van der Waals surface area contributed by atoms with Gasteiger partial charge in [-0.2, -0.15) is 13.2 Å². The first-order chi connectivity index (χ1) is 14.8. The van der Waals surface area contributed by atoms with Gasteiger partial charge in [0.25, 0.3) is 0 Å². The molecule has 0 heterocycles. The Kier molecular flexibility index (Phi) is 6.84. The number of methoxy groups -OCH3 is 2. The van der Waals surface area contributed by atoms with E-state index in [9.17, 15) is 18.0 Å². The molecule has 7 heteroatoms. The third-order valence-corrected chi connectivity index (χ3v) is 4.90. The quantitative estimate of drug-likeness (QED) is 0.428. The second-order valence-corrected chi connectivity index (χ2v) is 6.94. The molecule has 3 aromatic rings. The normalized spacial score (nSPS) is 11.1. The summed E-state index contributed by atoms with van der Waals surface area (Å²) in [5, 5.41) is 0. The van der Waals surface area contributed by atoms with Crippen LogP contribution >= 0.6 is 0 Å². The van der Waals surface area contributed by atoms with Gasteiger partial charge in [0.2, 0.25) is 0 Å². The maximum atomic E-state index is 13.2. The van der Waals surface area contributed by atoms with Gasteiger partial charge in [0.1, 0.15) is 11.5 Å². The van der Waals surface area contributed by atoms with Gasteiger partial charge < -0.3 is 14.4 Å². The second-order valence-electron chi connectivity index (χ2n) is 6.94. The van der Waals surface area contributed by atoms with E-state index in [-0.39, 0.29) is 11.8 Å². The zero-order valence-corrected chi connectivity index (χ0v) is 17.1. The molecule has 0 bridgehead atoms. The van der Waals surface area contributed by atoms with E-state index >= 15 is 0 Å². The monoisotopic (exact) mass is 429 g/mol. The number of ether oxygens (including phenoxy) is 2. The Hall–Kier alpha value is -3.48. The number of rotatable bonds is 8. The number of halogens is 3. The Balaban J connectivity index is 1.96. The third kappa shape index (κ3) is 5.57. The highest BCUT2D eigenvalue weighted by Gasteiger charge is 2.33. The molecular formula is C24H22F3NO3. The molecule has 4 nitrogen and oxygen atoms in total. The predicted octanol–water partition coefficient (Wildman–Crippen LogP) is 5.74. The SMILES string of the molecule is COc1ccc(CN(Cc2ccc(OC)cc2)c2ccc(C(F)(F)F)c(C=O)c2)cc1. The number of anilines is 1. The van der Waals surface area contributed by atoms with Crippen molar-refractivity contribution in [1.82, 2.24) is 0 Å². The molecule has 3 aromatic carbocycles. The number of hydrogen-bond donors (Lipinski definition) is 0. The van der Waals surface area contributed by atoms with Gasteiger partial charge in [0, 0.05) is 24.3 Å². The van der Waals surface area contributed by atoms with Gasteiger partial charge in [0.15, 0.2) is 6.29 Å². The number of alkyl halides is 3. The van der Waals surface area contributed by atoms with Crippen molar-refractivity contribution >= 4 is 12.0 Å². The molecule has 0 aliphatic carbocycles. The molecule has 0 saturated heterocycles. The maximum absolute atomic E-state index is 13.2. The van der Waals surface area contributed by atoms with E-state index < -0.39 is 11.7 Å². The van der Waals surface area contributed by atoms with Gasteiger partial charge in [0.05, 0.1) is 19.8 Å². The van der Waals surface area contributed by atoms with E-state index in [4.69, 9.17) is 9.47 Å². The average Bonchev–Trinajstić information content (AvgIpc) is 2.78. The Bertz CT molecular complexity index is 966. The van der Waals surface area contributed by atoms with E-state index in [0.717, 1.165) is 17.2 Å². The molecule has 162 valence electrons. The van der Waals surface area contributed by atoms with Gasteiger partial charge in [-0.15, -0.1) is 0 Å². The Labute approximate surface area is 178 Å². The Morgan fingerprint density at radius 3 is 1.68 bits per heavy atom. The number of nitrogens with zero attached hydrogens (tertiary/aromatic N) is 1. The summed E-state index contributed by atoms with van der Waals surface area (Å²) < 4.78 is 50.0. The van der Waals surface area contributed by atoms with Crippen LogP contribution in [0.2, 0.25) is 0 Å². The molecule has 0 unspecified atom stereocenters. The van der Waals surface area contributed by atoms with Gasteiger partial charge >= 0.3 is 6.18 Å². The lowest BCUT2D eigenvalue weighted by Gasteiger charge is -2.26. The lowest BCUT2D eigenvalue weighted by molar-refractivity contribution is -0.137. The molecule has 0 saturated carbocycles. The van der Waals surface area contributed by atoms with Gasteiger partial charge in [-0.1, -0.05) is 24.3 Å². The fourth-order valence-electron chi connectivity index (χ4n) is 3.24. The van der Waals surface area contributed by atoms with Crippen molar-refractivity contribution in [2.45, 2.75) is 19.3 Å². The fraction of sp³-hybridized carbons (Fsp3) is 0.208. The zero-order valence-electron chi connectivity index (χ0n) is 17.1. The van der Waals surface area contributed by atoms with E-state index in [1.807, 2.05) is 53.4 Å². The first kappa shape index (κ1) is 22.2. The average molecular weight is 429 g/mol. The summed E-state index contributed by atoms with van der Waals surface area (Å²) in [6.07, 6.45) is -4.35. The van der Waals surface area contributed by atoms with Crippen LogP contribution < -0.4 is 14.4 Å². The molecule has 0 N–H and O–H groups in total. The molecule has 0 spiro atoms. The van der Waals surface area contributed by atoms with Crippen molar-refractivity contribution in [2.24, 2.45) is 0 Å². The Morgan fingerprint density at radius 1 is 0.806 bits per heavy atom. The number of carbonyl (C=O) groups is 1. The van der Waals surface area contributed by atoms with Crippen LogP contribution in [-0.4, -0.2) is 20.5 Å². The lowest BCUT2D eigenvalue weighted by Crippen LogP contribution is -2.23. The summed E-state index contributed by atoms with van der Waals surface area (Å²) in [5.41, 5.74) is 1.07. The van der Waals surface area contributed by atoms with Crippen molar-refractivity contribution < 1.29 is 27.4 Å². The van der Waals surface area contributed by atoms with E-state index in [1.54, 1.807) is 14.2 Å². The standard InChI is InChI=1S/C24H22F3NO3/c1-30-21-8-3-17(4-9-21)14-28(15-18-5-10-22(31-2)11-6-18)20-7-12-23(24(25,26)27)19(13-20)16-29/h3-13,16H,14-15H2,1-2H3. The minimum atomic E-state index is -4.59. The number of carbonyl (C=O) groups excluding carboxylic acids is 1. The molecule has 0 aliphatic heterocycles. The molecule has 0 radical (unpaired) electrons. The fourth-order valence-corrected chi connectivity index (χ4v) is 3.24. The highest BCUT2D eigenvalue weighted by Crippen LogP contribution is 2.34. The molecule has 31 heavy (non-hydrogen) atoms. The topological polar surface area (TPSA) is 38.8 Å². The van der Waals surface area contributed by atoms with Crippen LogP contribution in [0.1, 0.15) is 27.0 Å². The summed E-state index contributed by atoms with van der Waals surface area (Å²) in [4.78, 5) is 13.3.